The van der Waals surface area contributed by atoms with Crippen LogP contribution in [0.3, 0.4) is 0 Å². The molecule has 1 heterocycles. The van der Waals surface area contributed by atoms with Gasteiger partial charge in [-0.3, -0.25) is 9.59 Å². The van der Waals surface area contributed by atoms with E-state index in [1.54, 1.807) is 6.07 Å². The molecule has 0 radical (unpaired) electrons. The second-order valence-electron chi connectivity index (χ2n) is 7.45. The Morgan fingerprint density at radius 1 is 1.11 bits per heavy atom. The van der Waals surface area contributed by atoms with Gasteiger partial charge in [-0.1, -0.05) is 41.4 Å². The van der Waals surface area contributed by atoms with Crippen molar-refractivity contribution in [2.75, 3.05) is 19.6 Å². The van der Waals surface area contributed by atoms with E-state index in [0.29, 0.717) is 5.56 Å². The van der Waals surface area contributed by atoms with Crippen molar-refractivity contribution in [2.24, 2.45) is 0 Å². The van der Waals surface area contributed by atoms with Crippen molar-refractivity contribution in [1.29, 1.82) is 0 Å². The van der Waals surface area contributed by atoms with Crippen molar-refractivity contribution in [2.45, 2.75) is 32.4 Å². The largest absolute Gasteiger partial charge is 0.351 e. The highest BCUT2D eigenvalue weighted by molar-refractivity contribution is 6.30. The Bertz CT molecular complexity index is 815. The minimum absolute atomic E-state index is 0.00458. The molecule has 3 rings (SSSR count). The number of hydrogen-bond acceptors (Lipinski definition) is 2. The van der Waals surface area contributed by atoms with Crippen LogP contribution in [-0.2, 0) is 11.3 Å². The maximum atomic E-state index is 12.2. The van der Waals surface area contributed by atoms with Gasteiger partial charge in [-0.2, -0.15) is 0 Å². The fourth-order valence-electron chi connectivity index (χ4n) is 3.57. The Morgan fingerprint density at radius 3 is 2.50 bits per heavy atom. The van der Waals surface area contributed by atoms with Crippen molar-refractivity contribution >= 4 is 23.4 Å². The Labute approximate surface area is 171 Å². The first kappa shape index (κ1) is 20.4. The lowest BCUT2D eigenvalue weighted by Gasteiger charge is -2.29. The van der Waals surface area contributed by atoms with Crippen LogP contribution in [0.1, 0.15) is 34.3 Å². The van der Waals surface area contributed by atoms with Gasteiger partial charge in [-0.25, -0.2) is 0 Å². The van der Waals surface area contributed by atoms with Gasteiger partial charge in [-0.15, -0.1) is 0 Å². The second kappa shape index (κ2) is 9.71. The minimum atomic E-state index is -0.221. The van der Waals surface area contributed by atoms with E-state index in [-0.39, 0.29) is 24.4 Å². The average Bonchev–Trinajstić information content (AvgIpc) is 2.69. The smallest absolute Gasteiger partial charge is 0.251 e. The van der Waals surface area contributed by atoms with E-state index in [9.17, 15) is 9.59 Å². The molecule has 5 nitrogen and oxygen atoms in total. The van der Waals surface area contributed by atoms with Crippen LogP contribution in [0.15, 0.2) is 48.5 Å². The number of aryl methyl sites for hydroxylation is 1. The third-order valence-electron chi connectivity index (χ3n) is 5.11. The highest BCUT2D eigenvalue weighted by Crippen LogP contribution is 2.09. The number of likely N-dealkylation sites (tertiary alicyclic amines) is 1. The summed E-state index contributed by atoms with van der Waals surface area (Å²) in [4.78, 5) is 25.8. The van der Waals surface area contributed by atoms with E-state index < -0.39 is 0 Å². The molecule has 0 bridgehead atoms. The Hall–Kier alpha value is -2.37. The number of halogens is 1. The van der Waals surface area contributed by atoms with E-state index in [1.165, 1.54) is 10.5 Å². The SMILES string of the molecule is Cc1cccc(C(=O)NCC(=O)NC2CC[NH+](Cc3ccc(Cl)cc3)CC2)c1. The van der Waals surface area contributed by atoms with Crippen molar-refractivity contribution in [1.82, 2.24) is 10.6 Å². The summed E-state index contributed by atoms with van der Waals surface area (Å²) in [5, 5.41) is 6.50. The van der Waals surface area contributed by atoms with Gasteiger partial charge in [0.15, 0.2) is 0 Å². The molecule has 0 atom stereocenters. The molecular weight excluding hydrogens is 374 g/mol. The Kier molecular flexibility index (Phi) is 7.06. The topological polar surface area (TPSA) is 62.6 Å². The van der Waals surface area contributed by atoms with E-state index in [0.717, 1.165) is 43.1 Å². The molecule has 0 saturated carbocycles. The van der Waals surface area contributed by atoms with Crippen LogP contribution in [0.25, 0.3) is 0 Å². The standard InChI is InChI=1S/C22H26ClN3O2/c1-16-3-2-4-18(13-16)22(28)24-14-21(27)25-20-9-11-26(12-10-20)15-17-5-7-19(23)8-6-17/h2-8,13,20H,9-12,14-15H2,1H3,(H,24,28)(H,25,27)/p+1. The van der Waals surface area contributed by atoms with E-state index in [2.05, 4.69) is 22.8 Å². The van der Waals surface area contributed by atoms with Gasteiger partial charge < -0.3 is 15.5 Å². The molecule has 2 aromatic rings. The van der Waals surface area contributed by atoms with Crippen LogP contribution in [0.4, 0.5) is 0 Å². The first-order valence-corrected chi connectivity index (χ1v) is 10.1. The van der Waals surface area contributed by atoms with Crippen molar-refractivity contribution in [3.8, 4) is 0 Å². The molecule has 0 aromatic heterocycles. The molecule has 1 aliphatic rings. The van der Waals surface area contributed by atoms with E-state index in [4.69, 9.17) is 11.6 Å². The molecule has 148 valence electrons. The molecule has 1 saturated heterocycles. The maximum Gasteiger partial charge on any atom is 0.251 e. The number of amides is 2. The van der Waals surface area contributed by atoms with Gasteiger partial charge in [0, 0.05) is 35.0 Å². The van der Waals surface area contributed by atoms with Gasteiger partial charge in [0.2, 0.25) is 5.91 Å². The summed E-state index contributed by atoms with van der Waals surface area (Å²) in [6.45, 7) is 4.95. The fraction of sp³-hybridized carbons (Fsp3) is 0.364. The zero-order valence-corrected chi connectivity index (χ0v) is 16.9. The lowest BCUT2D eigenvalue weighted by molar-refractivity contribution is -0.918. The van der Waals surface area contributed by atoms with Crippen LogP contribution in [-0.4, -0.2) is 37.5 Å². The minimum Gasteiger partial charge on any atom is -0.351 e. The zero-order valence-electron chi connectivity index (χ0n) is 16.1. The molecule has 2 amide bonds. The van der Waals surface area contributed by atoms with Crippen molar-refractivity contribution in [3.63, 3.8) is 0 Å². The Morgan fingerprint density at radius 2 is 1.82 bits per heavy atom. The molecule has 28 heavy (non-hydrogen) atoms. The molecule has 0 spiro atoms. The number of piperidine rings is 1. The van der Waals surface area contributed by atoms with E-state index >= 15 is 0 Å². The first-order valence-electron chi connectivity index (χ1n) is 9.72. The monoisotopic (exact) mass is 400 g/mol. The van der Waals surface area contributed by atoms with Crippen LogP contribution in [0.2, 0.25) is 5.02 Å². The number of hydrogen-bond donors (Lipinski definition) is 3. The van der Waals surface area contributed by atoms with Gasteiger partial charge >= 0.3 is 0 Å². The number of quaternary nitrogens is 1. The quantitative estimate of drug-likeness (QED) is 0.691. The molecule has 1 aliphatic heterocycles. The first-order chi connectivity index (χ1) is 13.5. The number of nitrogens with one attached hydrogen (secondary N) is 3. The summed E-state index contributed by atoms with van der Waals surface area (Å²) < 4.78 is 0. The Balaban J connectivity index is 1.37. The molecule has 0 aliphatic carbocycles. The maximum absolute atomic E-state index is 12.2. The zero-order chi connectivity index (χ0) is 19.9. The number of benzene rings is 2. The predicted octanol–water partition coefficient (Wildman–Crippen LogP) is 1.74. The molecule has 3 N–H and O–H groups in total. The van der Waals surface area contributed by atoms with E-state index in [1.807, 2.05) is 37.3 Å². The normalized spacial score (nSPS) is 19.1. The summed E-state index contributed by atoms with van der Waals surface area (Å²) >= 11 is 5.94. The lowest BCUT2D eigenvalue weighted by atomic mass is 10.0. The predicted molar refractivity (Wildman–Crippen MR) is 111 cm³/mol. The molecule has 0 unspecified atom stereocenters. The van der Waals surface area contributed by atoms with Gasteiger partial charge in [-0.05, 0) is 31.2 Å². The van der Waals surface area contributed by atoms with Crippen LogP contribution < -0.4 is 15.5 Å². The highest BCUT2D eigenvalue weighted by Gasteiger charge is 2.23. The van der Waals surface area contributed by atoms with Gasteiger partial charge in [0.1, 0.15) is 6.54 Å². The summed E-state index contributed by atoms with van der Waals surface area (Å²) in [7, 11) is 0. The molecular formula is C22H27ClN3O2+. The second-order valence-corrected chi connectivity index (χ2v) is 7.88. The number of rotatable bonds is 6. The van der Waals surface area contributed by atoms with Crippen LogP contribution >= 0.6 is 11.6 Å². The van der Waals surface area contributed by atoms with Crippen LogP contribution in [0, 0.1) is 6.92 Å². The summed E-state index contributed by atoms with van der Waals surface area (Å²) in [6, 6.07) is 15.5. The number of carbonyl (C=O) groups excluding carboxylic acids is 2. The van der Waals surface area contributed by atoms with Crippen molar-refractivity contribution < 1.29 is 14.5 Å². The number of carbonyl (C=O) groups is 2. The summed E-state index contributed by atoms with van der Waals surface area (Å²) in [6.07, 6.45) is 1.89. The van der Waals surface area contributed by atoms with Crippen molar-refractivity contribution in [3.05, 3.63) is 70.2 Å². The third kappa shape index (κ3) is 6.08. The summed E-state index contributed by atoms with van der Waals surface area (Å²) in [5.41, 5.74) is 2.87. The average molecular weight is 401 g/mol. The van der Waals surface area contributed by atoms with Gasteiger partial charge in [0.25, 0.3) is 5.91 Å². The third-order valence-corrected chi connectivity index (χ3v) is 5.37. The molecule has 1 fully saturated rings. The highest BCUT2D eigenvalue weighted by atomic mass is 35.5. The van der Waals surface area contributed by atoms with Gasteiger partial charge in [0.05, 0.1) is 19.6 Å². The fourth-order valence-corrected chi connectivity index (χ4v) is 3.69. The molecule has 6 heteroatoms. The summed E-state index contributed by atoms with van der Waals surface area (Å²) in [5.74, 6) is -0.353. The lowest BCUT2D eigenvalue weighted by Crippen LogP contribution is -3.12. The molecule has 2 aromatic carbocycles. The van der Waals surface area contributed by atoms with Crippen LogP contribution in [0.5, 0.6) is 0 Å².